The number of carbonyl (C=O) groups is 4. The Morgan fingerprint density at radius 1 is 1.10 bits per heavy atom. The van der Waals surface area contributed by atoms with Crippen molar-refractivity contribution < 1.29 is 33.4 Å². The van der Waals surface area contributed by atoms with E-state index in [1.807, 2.05) is 0 Å². The fourth-order valence-corrected chi connectivity index (χ4v) is 3.78. The normalized spacial score (nSPS) is 11.8. The number of rotatable bonds is 9. The molecule has 212 valence electrons. The zero-order valence-electron chi connectivity index (χ0n) is 22.5. The number of pyridine rings is 1. The van der Waals surface area contributed by atoms with Crippen LogP contribution in [0.3, 0.4) is 0 Å². The Bertz CT molecular complexity index is 1520. The molecular formula is C27H30FN5O7. The third-order valence-corrected chi connectivity index (χ3v) is 5.84. The molecule has 1 atom stereocenters. The summed E-state index contributed by atoms with van der Waals surface area (Å²) in [6.07, 6.45) is 1.23. The molecule has 40 heavy (non-hydrogen) atoms. The summed E-state index contributed by atoms with van der Waals surface area (Å²) >= 11 is 0. The molecular weight excluding hydrogens is 525 g/mol. The largest absolute Gasteiger partial charge is 0.464 e. The monoisotopic (exact) mass is 555 g/mol. The van der Waals surface area contributed by atoms with Crippen molar-refractivity contribution in [2.24, 2.45) is 0 Å². The second-order valence-corrected chi connectivity index (χ2v) is 9.28. The quantitative estimate of drug-likeness (QED) is 0.387. The molecule has 0 saturated heterocycles. The van der Waals surface area contributed by atoms with Gasteiger partial charge in [-0.25, -0.2) is 18.5 Å². The summed E-state index contributed by atoms with van der Waals surface area (Å²) in [4.78, 5) is 64.5. The number of carboxylic acid groups (broad SMARTS) is 1. The van der Waals surface area contributed by atoms with Gasteiger partial charge in [-0.05, 0) is 55.3 Å². The number of likely N-dealkylation sites (N-methyl/N-ethyl adjacent to an activating group) is 1. The van der Waals surface area contributed by atoms with Crippen LogP contribution in [-0.4, -0.2) is 82.3 Å². The van der Waals surface area contributed by atoms with Crippen LogP contribution < -0.4 is 10.9 Å². The molecule has 3 aromatic rings. The van der Waals surface area contributed by atoms with Crippen LogP contribution in [0.5, 0.6) is 0 Å². The summed E-state index contributed by atoms with van der Waals surface area (Å²) in [6.45, 7) is -0.186. The van der Waals surface area contributed by atoms with Crippen molar-refractivity contribution in [1.82, 2.24) is 18.9 Å². The standard InChI is InChI=1S/C27H30FN5O7/c1-30(2)23(34)10-6-5-9-22(40-27(39)31(3)4)24(35)29-20-8-7-13-32(25(20)36)16-19-15-17-14-18(28)11-12-21(17)33(19)26(37)38/h6-8,10-15,22H,5,9,16H2,1-4H3,(H,29,35)(H,37,38). The molecule has 3 amide bonds. The first-order valence-corrected chi connectivity index (χ1v) is 12.2. The average Bonchev–Trinajstić information content (AvgIpc) is 3.24. The fraction of sp³-hybridized carbons (Fsp3) is 0.296. The van der Waals surface area contributed by atoms with Gasteiger partial charge in [-0.1, -0.05) is 6.08 Å². The van der Waals surface area contributed by atoms with E-state index in [2.05, 4.69) is 5.32 Å². The minimum absolute atomic E-state index is 0.0406. The summed E-state index contributed by atoms with van der Waals surface area (Å²) in [5.41, 5.74) is -0.303. The Labute approximate surface area is 228 Å². The number of carbonyl (C=O) groups excluding carboxylic acids is 3. The molecule has 3 rings (SSSR count). The number of fused-ring (bicyclic) bond motifs is 1. The van der Waals surface area contributed by atoms with Crippen LogP contribution >= 0.6 is 0 Å². The van der Waals surface area contributed by atoms with Crippen LogP contribution in [0, 0.1) is 5.82 Å². The molecule has 0 fully saturated rings. The van der Waals surface area contributed by atoms with Gasteiger partial charge in [0, 0.05) is 45.5 Å². The molecule has 2 aromatic heterocycles. The van der Waals surface area contributed by atoms with Crippen molar-refractivity contribution in [1.29, 1.82) is 0 Å². The maximum Gasteiger partial charge on any atom is 0.416 e. The van der Waals surface area contributed by atoms with E-state index in [-0.39, 0.29) is 42.2 Å². The summed E-state index contributed by atoms with van der Waals surface area (Å²) in [5.74, 6) is -1.54. The summed E-state index contributed by atoms with van der Waals surface area (Å²) in [7, 11) is 6.09. The maximum atomic E-state index is 13.7. The van der Waals surface area contributed by atoms with Crippen LogP contribution in [-0.2, 0) is 20.9 Å². The van der Waals surface area contributed by atoms with Gasteiger partial charge in [-0.15, -0.1) is 0 Å². The van der Waals surface area contributed by atoms with Gasteiger partial charge in [0.2, 0.25) is 5.91 Å². The fourth-order valence-electron chi connectivity index (χ4n) is 3.78. The minimum Gasteiger partial charge on any atom is -0.464 e. The first-order chi connectivity index (χ1) is 18.9. The Morgan fingerprint density at radius 2 is 1.82 bits per heavy atom. The SMILES string of the molecule is CN(C)C(=O)C=CCCC(OC(=O)N(C)C)C(=O)Nc1cccn(Cc2cc3cc(F)ccc3n2C(=O)O)c1=O. The molecule has 0 aliphatic carbocycles. The third kappa shape index (κ3) is 7.12. The lowest BCUT2D eigenvalue weighted by Gasteiger charge is -2.19. The van der Waals surface area contributed by atoms with Gasteiger partial charge in [0.1, 0.15) is 11.5 Å². The number of halogens is 1. The van der Waals surface area contributed by atoms with Crippen LogP contribution in [0.1, 0.15) is 18.5 Å². The highest BCUT2D eigenvalue weighted by molar-refractivity contribution is 5.95. The number of hydrogen-bond acceptors (Lipinski definition) is 6. The van der Waals surface area contributed by atoms with E-state index < -0.39 is 35.6 Å². The zero-order valence-corrected chi connectivity index (χ0v) is 22.5. The highest BCUT2D eigenvalue weighted by Crippen LogP contribution is 2.22. The molecule has 0 saturated carbocycles. The summed E-state index contributed by atoms with van der Waals surface area (Å²) < 4.78 is 21.1. The second-order valence-electron chi connectivity index (χ2n) is 9.28. The van der Waals surface area contributed by atoms with Crippen molar-refractivity contribution in [2.45, 2.75) is 25.5 Å². The van der Waals surface area contributed by atoms with Crippen LogP contribution in [0.15, 0.2) is 59.5 Å². The number of hydrogen-bond donors (Lipinski definition) is 2. The van der Waals surface area contributed by atoms with Crippen molar-refractivity contribution in [3.05, 3.63) is 76.6 Å². The van der Waals surface area contributed by atoms with Gasteiger partial charge in [-0.2, -0.15) is 0 Å². The highest BCUT2D eigenvalue weighted by atomic mass is 19.1. The number of aromatic nitrogens is 2. The number of nitrogens with one attached hydrogen (secondary N) is 1. The molecule has 2 heterocycles. The molecule has 0 aliphatic rings. The van der Waals surface area contributed by atoms with Crippen molar-refractivity contribution in [3.63, 3.8) is 0 Å². The highest BCUT2D eigenvalue weighted by Gasteiger charge is 2.25. The van der Waals surface area contributed by atoms with Gasteiger partial charge >= 0.3 is 12.2 Å². The lowest BCUT2D eigenvalue weighted by molar-refractivity contribution is -0.125. The van der Waals surface area contributed by atoms with Gasteiger partial charge in [-0.3, -0.25) is 14.4 Å². The molecule has 0 radical (unpaired) electrons. The second kappa shape index (κ2) is 12.7. The molecule has 13 heteroatoms. The molecule has 1 unspecified atom stereocenters. The minimum atomic E-state index is -1.30. The predicted molar refractivity (Wildman–Crippen MR) is 145 cm³/mol. The molecule has 12 nitrogen and oxygen atoms in total. The van der Waals surface area contributed by atoms with E-state index in [0.29, 0.717) is 5.39 Å². The number of ether oxygens (including phenoxy) is 1. The number of amides is 3. The topological polar surface area (TPSA) is 143 Å². The predicted octanol–water partition coefficient (Wildman–Crippen LogP) is 2.95. The van der Waals surface area contributed by atoms with Gasteiger partial charge < -0.3 is 29.5 Å². The average molecular weight is 556 g/mol. The molecule has 0 spiro atoms. The molecule has 0 aliphatic heterocycles. The number of anilines is 1. The van der Waals surface area contributed by atoms with Crippen LogP contribution in [0.2, 0.25) is 0 Å². The van der Waals surface area contributed by atoms with Gasteiger partial charge in [0.25, 0.3) is 11.5 Å². The van der Waals surface area contributed by atoms with E-state index in [9.17, 15) is 33.5 Å². The molecule has 1 aromatic carbocycles. The number of nitrogens with zero attached hydrogens (tertiary/aromatic N) is 4. The first kappa shape index (κ1) is 29.6. The van der Waals surface area contributed by atoms with Crippen LogP contribution in [0.4, 0.5) is 19.7 Å². The molecule has 2 N–H and O–H groups in total. The Balaban J connectivity index is 1.83. The van der Waals surface area contributed by atoms with Crippen molar-refractivity contribution in [3.8, 4) is 0 Å². The van der Waals surface area contributed by atoms with Gasteiger partial charge in [0.05, 0.1) is 12.1 Å². The molecule has 0 bridgehead atoms. The third-order valence-electron chi connectivity index (χ3n) is 5.84. The maximum absolute atomic E-state index is 13.7. The lowest BCUT2D eigenvalue weighted by atomic mass is 10.1. The zero-order chi connectivity index (χ0) is 29.6. The Hall–Kier alpha value is -4.94. The number of benzene rings is 1. The summed E-state index contributed by atoms with van der Waals surface area (Å²) in [5, 5.41) is 12.5. The Kier molecular flexibility index (Phi) is 9.43. The first-order valence-electron chi connectivity index (χ1n) is 12.2. The van der Waals surface area contributed by atoms with Gasteiger partial charge in [0.15, 0.2) is 6.10 Å². The number of allylic oxidation sites excluding steroid dienone is 1. The van der Waals surface area contributed by atoms with E-state index in [4.69, 9.17) is 4.74 Å². The lowest BCUT2D eigenvalue weighted by Crippen LogP contribution is -2.37. The smallest absolute Gasteiger partial charge is 0.416 e. The van der Waals surface area contributed by atoms with Crippen molar-refractivity contribution in [2.75, 3.05) is 33.5 Å². The van der Waals surface area contributed by atoms with E-state index in [1.165, 1.54) is 66.2 Å². The van der Waals surface area contributed by atoms with E-state index in [0.717, 1.165) is 15.5 Å². The van der Waals surface area contributed by atoms with E-state index in [1.54, 1.807) is 20.2 Å². The Morgan fingerprint density at radius 3 is 2.48 bits per heavy atom. The van der Waals surface area contributed by atoms with Crippen LogP contribution in [0.25, 0.3) is 10.9 Å². The summed E-state index contributed by atoms with van der Waals surface area (Å²) in [6, 6.07) is 7.99. The van der Waals surface area contributed by atoms with Crippen molar-refractivity contribution >= 4 is 40.6 Å². The van der Waals surface area contributed by atoms with E-state index >= 15 is 0 Å².